The second-order valence-electron chi connectivity index (χ2n) is 5.40. The van der Waals surface area contributed by atoms with Gasteiger partial charge in [-0.25, -0.2) is 0 Å². The largest absolute Gasteiger partial charge is 0.504 e. The molecule has 1 heterocycles. The minimum Gasteiger partial charge on any atom is -0.396 e. The van der Waals surface area contributed by atoms with E-state index in [4.69, 9.17) is 23.8 Å². The van der Waals surface area contributed by atoms with Gasteiger partial charge in [0.15, 0.2) is 6.66 Å². The predicted molar refractivity (Wildman–Crippen MR) is 118 cm³/mol. The maximum Gasteiger partial charge on any atom is 0.504 e. The van der Waals surface area contributed by atoms with E-state index in [9.17, 15) is 9.13 Å². The van der Waals surface area contributed by atoms with E-state index in [0.717, 1.165) is 51.7 Å². The molecule has 3 unspecified atom stereocenters. The third-order valence-electron chi connectivity index (χ3n) is 2.77. The summed E-state index contributed by atoms with van der Waals surface area (Å²) in [5.41, 5.74) is 0. The molecule has 0 bridgehead atoms. The second-order valence-corrected chi connectivity index (χ2v) is 7.18. The number of aliphatic hydroxyl groups excluding tert-OH is 1. The topological polar surface area (TPSA) is 119 Å². The number of rotatable bonds is 10. The summed E-state index contributed by atoms with van der Waals surface area (Å²) in [6.07, 6.45) is 8.81. The Bertz CT molecular complexity index is 284. The van der Waals surface area contributed by atoms with E-state index in [2.05, 4.69) is 25.3 Å². The molecule has 170 valence electrons. The standard InChI is InChI=1S/C5H12O2P.C4H10O2P.C4H8O.C4H10O.HO2P/c1-3-4-5-7-8(2)6;1-2-3-4-6-7-5;1-2-4-5-3-1;1-2-3-4-5;1-3-2/h3-5H2,1-2H3;7H,2-4H2,1H3;1-4H2;5H,2-4H2,1H3;3H/q2*+1;;;/p+1. The van der Waals surface area contributed by atoms with E-state index >= 15 is 0 Å². The lowest BCUT2D eigenvalue weighted by atomic mass is 10.4. The summed E-state index contributed by atoms with van der Waals surface area (Å²) in [7, 11) is -3.11. The highest BCUT2D eigenvalue weighted by Crippen LogP contribution is 2.14. The Labute approximate surface area is 175 Å². The summed E-state index contributed by atoms with van der Waals surface area (Å²) in [5.74, 6) is 0. The van der Waals surface area contributed by atoms with Gasteiger partial charge in [0.1, 0.15) is 13.2 Å². The summed E-state index contributed by atoms with van der Waals surface area (Å²) < 4.78 is 42.7. The molecule has 1 aliphatic rings. The summed E-state index contributed by atoms with van der Waals surface area (Å²) in [5, 5.41) is 8.07. The molecule has 0 aromatic carbocycles. The molecule has 8 nitrogen and oxygen atoms in total. The van der Waals surface area contributed by atoms with Crippen LogP contribution in [0.3, 0.4) is 0 Å². The molecule has 3 atom stereocenters. The van der Waals surface area contributed by atoms with E-state index in [1.807, 2.05) is 0 Å². The molecule has 0 spiro atoms. The van der Waals surface area contributed by atoms with E-state index in [1.165, 1.54) is 12.8 Å². The maximum absolute atomic E-state index is 10.2. The lowest BCUT2D eigenvalue weighted by molar-refractivity contribution is 0.198. The molecule has 0 aliphatic carbocycles. The van der Waals surface area contributed by atoms with Gasteiger partial charge in [0.05, 0.1) is 0 Å². The average Bonchev–Trinajstić information content (AvgIpc) is 3.25. The normalized spacial score (nSPS) is 12.3. The van der Waals surface area contributed by atoms with Gasteiger partial charge in [-0.1, -0.05) is 40.0 Å². The van der Waals surface area contributed by atoms with Crippen LogP contribution in [0.5, 0.6) is 0 Å². The van der Waals surface area contributed by atoms with E-state index in [-0.39, 0.29) is 0 Å². The first-order valence-electron chi connectivity index (χ1n) is 9.74. The lowest BCUT2D eigenvalue weighted by Crippen LogP contribution is -1.82. The average molecular weight is 467 g/mol. The molecule has 1 rings (SSSR count). The highest BCUT2D eigenvalue weighted by molar-refractivity contribution is 7.38. The van der Waals surface area contributed by atoms with Crippen LogP contribution in [0.2, 0.25) is 0 Å². The molecule has 1 saturated heterocycles. The Morgan fingerprint density at radius 2 is 1.43 bits per heavy atom. The summed E-state index contributed by atoms with van der Waals surface area (Å²) in [6, 6.07) is 0. The van der Waals surface area contributed by atoms with Crippen LogP contribution in [0.1, 0.15) is 72.1 Å². The maximum atomic E-state index is 10.2. The Morgan fingerprint density at radius 1 is 0.964 bits per heavy atom. The van der Waals surface area contributed by atoms with Crippen molar-refractivity contribution in [2.45, 2.75) is 72.1 Å². The summed E-state index contributed by atoms with van der Waals surface area (Å²) >= 11 is 0. The molecule has 0 aromatic rings. The van der Waals surface area contributed by atoms with Gasteiger partial charge in [-0.05, 0) is 45.8 Å². The molecule has 0 radical (unpaired) electrons. The molecular weight excluding hydrogens is 425 g/mol. The minimum atomic E-state index is -1.36. The van der Waals surface area contributed by atoms with Gasteiger partial charge in [-0.15, -0.1) is 9.05 Å². The quantitative estimate of drug-likeness (QED) is 0.323. The monoisotopic (exact) mass is 467 g/mol. The van der Waals surface area contributed by atoms with Gasteiger partial charge < -0.3 is 9.84 Å². The zero-order chi connectivity index (χ0) is 22.3. The van der Waals surface area contributed by atoms with Gasteiger partial charge in [-0.3, -0.25) is 0 Å². The fraction of sp³-hybridized carbons (Fsp3) is 1.00. The van der Waals surface area contributed by atoms with Crippen molar-refractivity contribution < 1.29 is 37.5 Å². The molecular formula is C17H42O8P3+3. The number of hydrogen-bond acceptors (Lipinski definition) is 7. The van der Waals surface area contributed by atoms with E-state index < -0.39 is 25.4 Å². The first-order chi connectivity index (χ1) is 13.5. The van der Waals surface area contributed by atoms with Crippen molar-refractivity contribution in [3.05, 3.63) is 0 Å². The number of ether oxygens (including phenoxy) is 1. The van der Waals surface area contributed by atoms with Crippen LogP contribution in [-0.2, 0) is 27.5 Å². The third-order valence-corrected chi connectivity index (χ3v) is 3.64. The van der Waals surface area contributed by atoms with Crippen molar-refractivity contribution in [2.24, 2.45) is 0 Å². The summed E-state index contributed by atoms with van der Waals surface area (Å²) in [6.45, 7) is 11.4. The van der Waals surface area contributed by atoms with Crippen LogP contribution in [0.25, 0.3) is 0 Å². The number of unbranched alkanes of at least 4 members (excludes halogenated alkanes) is 3. The van der Waals surface area contributed by atoms with Crippen LogP contribution in [0.15, 0.2) is 0 Å². The van der Waals surface area contributed by atoms with Crippen molar-refractivity contribution in [1.82, 2.24) is 0 Å². The van der Waals surface area contributed by atoms with Crippen LogP contribution in [0.4, 0.5) is 0 Å². The molecule has 1 aliphatic heterocycles. The van der Waals surface area contributed by atoms with Crippen LogP contribution in [-0.4, -0.2) is 49.7 Å². The molecule has 0 saturated carbocycles. The van der Waals surface area contributed by atoms with Gasteiger partial charge in [0.25, 0.3) is 0 Å². The van der Waals surface area contributed by atoms with Crippen LogP contribution in [0, 0.1) is 0 Å². The number of hydrogen-bond donors (Lipinski definition) is 2. The van der Waals surface area contributed by atoms with Gasteiger partial charge in [0, 0.05) is 19.8 Å². The lowest BCUT2D eigenvalue weighted by Gasteiger charge is -1.84. The van der Waals surface area contributed by atoms with Crippen molar-refractivity contribution in [1.29, 1.82) is 0 Å². The van der Waals surface area contributed by atoms with E-state index in [0.29, 0.717) is 19.8 Å². The molecule has 2 N–H and O–H groups in total. The highest BCUT2D eigenvalue weighted by atomic mass is 31.1. The van der Waals surface area contributed by atoms with Crippen molar-refractivity contribution in [3.8, 4) is 0 Å². The van der Waals surface area contributed by atoms with Gasteiger partial charge in [0.2, 0.25) is 0 Å². The molecule has 0 aromatic heterocycles. The Kier molecular flexibility index (Phi) is 52.6. The zero-order valence-corrected chi connectivity index (χ0v) is 20.9. The van der Waals surface area contributed by atoms with Crippen LogP contribution < -0.4 is 0 Å². The summed E-state index contributed by atoms with van der Waals surface area (Å²) in [4.78, 5) is 7.04. The molecule has 0 amide bonds. The van der Waals surface area contributed by atoms with E-state index in [1.54, 1.807) is 6.66 Å². The SMILES string of the molecule is C1CCOC1.CCCCO.CCCCO[P+](C)=O.CCCCO[PH+]=O.O=[PH+]O. The second kappa shape index (κ2) is 41.5. The first-order valence-corrected chi connectivity index (χ1v) is 13.0. The van der Waals surface area contributed by atoms with Gasteiger partial charge in [-0.2, -0.15) is 4.89 Å². The molecule has 11 heteroatoms. The first kappa shape index (κ1) is 35.5. The number of aliphatic hydroxyl groups is 1. The minimum absolute atomic E-state index is 0.344. The van der Waals surface area contributed by atoms with Crippen molar-refractivity contribution in [2.75, 3.05) is 39.7 Å². The third kappa shape index (κ3) is 63.4. The smallest absolute Gasteiger partial charge is 0.396 e. The Morgan fingerprint density at radius 3 is 1.68 bits per heavy atom. The fourth-order valence-electron chi connectivity index (χ4n) is 1.26. The van der Waals surface area contributed by atoms with Crippen molar-refractivity contribution in [3.63, 3.8) is 0 Å². The van der Waals surface area contributed by atoms with Crippen molar-refractivity contribution >= 4 is 25.4 Å². The Balaban J connectivity index is -0.000000133. The van der Waals surface area contributed by atoms with Crippen LogP contribution >= 0.6 is 25.4 Å². The molecule has 1 fully saturated rings. The van der Waals surface area contributed by atoms with Gasteiger partial charge >= 0.3 is 25.4 Å². The fourth-order valence-corrected chi connectivity index (χ4v) is 1.88. The molecule has 28 heavy (non-hydrogen) atoms. The zero-order valence-electron chi connectivity index (χ0n) is 18.0. The Hall–Kier alpha value is 0.1000. The predicted octanol–water partition coefficient (Wildman–Crippen LogP) is 5.41. The highest BCUT2D eigenvalue weighted by Gasteiger charge is 2.03.